The van der Waals surface area contributed by atoms with Gasteiger partial charge in [0.25, 0.3) is 0 Å². The van der Waals surface area contributed by atoms with Gasteiger partial charge in [-0.15, -0.1) is 0 Å². The van der Waals surface area contributed by atoms with Gasteiger partial charge < -0.3 is 5.73 Å². The van der Waals surface area contributed by atoms with E-state index in [1.54, 1.807) is 0 Å². The second kappa shape index (κ2) is 3.75. The minimum atomic E-state index is -4.35. The van der Waals surface area contributed by atoms with Crippen molar-refractivity contribution in [1.82, 2.24) is 9.36 Å². The number of aromatic nitrogens is 2. The Kier molecular flexibility index (Phi) is 2.55. The molecule has 0 radical (unpaired) electrons. The van der Waals surface area contributed by atoms with Crippen LogP contribution in [-0.4, -0.2) is 9.36 Å². The third kappa shape index (κ3) is 2.13. The number of alkyl halides is 3. The Morgan fingerprint density at radius 1 is 1.25 bits per heavy atom. The fourth-order valence-electron chi connectivity index (χ4n) is 1.18. The third-order valence-corrected chi connectivity index (χ3v) is 2.66. The largest absolute Gasteiger partial charge is 0.416 e. The molecule has 3 nitrogen and oxygen atoms in total. The highest BCUT2D eigenvalue weighted by atomic mass is 32.1. The van der Waals surface area contributed by atoms with Crippen molar-refractivity contribution in [3.8, 4) is 10.6 Å². The first-order chi connectivity index (χ1) is 7.47. The number of anilines is 1. The molecule has 1 aromatic heterocycles. The van der Waals surface area contributed by atoms with Gasteiger partial charge in [0.05, 0.1) is 5.56 Å². The molecule has 0 atom stereocenters. The molecule has 1 heterocycles. The van der Waals surface area contributed by atoms with E-state index < -0.39 is 11.7 Å². The summed E-state index contributed by atoms with van der Waals surface area (Å²) in [6, 6.07) is 4.90. The van der Waals surface area contributed by atoms with Crippen LogP contribution in [0.4, 0.5) is 19.1 Å². The average Bonchev–Trinajstić information content (AvgIpc) is 2.64. The molecule has 7 heteroatoms. The zero-order valence-electron chi connectivity index (χ0n) is 7.82. The molecule has 0 saturated heterocycles. The van der Waals surface area contributed by atoms with Crippen molar-refractivity contribution >= 4 is 17.5 Å². The van der Waals surface area contributed by atoms with Gasteiger partial charge in [-0.2, -0.15) is 22.5 Å². The van der Waals surface area contributed by atoms with Gasteiger partial charge >= 0.3 is 6.18 Å². The van der Waals surface area contributed by atoms with Gasteiger partial charge in [-0.1, -0.05) is 12.1 Å². The van der Waals surface area contributed by atoms with Gasteiger partial charge in [-0.05, 0) is 23.7 Å². The van der Waals surface area contributed by atoms with E-state index >= 15 is 0 Å². The van der Waals surface area contributed by atoms with Crippen molar-refractivity contribution in [2.75, 3.05) is 5.73 Å². The molecule has 0 unspecified atom stereocenters. The highest BCUT2D eigenvalue weighted by molar-refractivity contribution is 7.09. The number of halogens is 3. The van der Waals surface area contributed by atoms with Crippen LogP contribution < -0.4 is 5.73 Å². The van der Waals surface area contributed by atoms with E-state index in [-0.39, 0.29) is 5.95 Å². The van der Waals surface area contributed by atoms with E-state index in [9.17, 15) is 13.2 Å². The smallest absolute Gasteiger partial charge is 0.367 e. The lowest BCUT2D eigenvalue weighted by atomic mass is 10.1. The second-order valence-corrected chi connectivity index (χ2v) is 3.79. The van der Waals surface area contributed by atoms with Crippen LogP contribution in [0.1, 0.15) is 5.56 Å². The molecule has 0 saturated carbocycles. The zero-order valence-corrected chi connectivity index (χ0v) is 8.64. The summed E-state index contributed by atoms with van der Waals surface area (Å²) in [5.74, 6) is 0.0670. The third-order valence-electron chi connectivity index (χ3n) is 1.88. The normalized spacial score (nSPS) is 11.7. The number of hydrogen-bond donors (Lipinski definition) is 1. The summed E-state index contributed by atoms with van der Waals surface area (Å²) in [6.45, 7) is 0. The summed E-state index contributed by atoms with van der Waals surface area (Å²) < 4.78 is 41.0. The fourth-order valence-corrected chi connectivity index (χ4v) is 1.77. The van der Waals surface area contributed by atoms with Crippen LogP contribution in [-0.2, 0) is 6.18 Å². The molecule has 0 aliphatic carbocycles. The molecule has 0 amide bonds. The van der Waals surface area contributed by atoms with Gasteiger partial charge in [0, 0.05) is 5.56 Å². The van der Waals surface area contributed by atoms with Crippen LogP contribution in [0.25, 0.3) is 10.6 Å². The lowest BCUT2D eigenvalue weighted by molar-refractivity contribution is -0.137. The number of nitrogen functional groups attached to an aromatic ring is 1. The van der Waals surface area contributed by atoms with Crippen LogP contribution in [0.15, 0.2) is 24.3 Å². The topological polar surface area (TPSA) is 51.8 Å². The summed E-state index contributed by atoms with van der Waals surface area (Å²) in [7, 11) is 0. The van der Waals surface area contributed by atoms with Gasteiger partial charge in [-0.25, -0.2) is 0 Å². The number of hydrogen-bond acceptors (Lipinski definition) is 4. The van der Waals surface area contributed by atoms with Crippen LogP contribution in [0.3, 0.4) is 0 Å². The molecular weight excluding hydrogens is 239 g/mol. The Morgan fingerprint density at radius 3 is 2.56 bits per heavy atom. The summed E-state index contributed by atoms with van der Waals surface area (Å²) >= 11 is 0.969. The van der Waals surface area contributed by atoms with Crippen LogP contribution in [0.2, 0.25) is 0 Å². The minimum absolute atomic E-state index is 0.0670. The fraction of sp³-hybridized carbons (Fsp3) is 0.111. The average molecular weight is 245 g/mol. The highest BCUT2D eigenvalue weighted by Crippen LogP contribution is 2.32. The second-order valence-electron chi connectivity index (χ2n) is 3.04. The molecule has 0 aliphatic heterocycles. The minimum Gasteiger partial charge on any atom is -0.367 e. The first-order valence-corrected chi connectivity index (χ1v) is 5.01. The summed E-state index contributed by atoms with van der Waals surface area (Å²) in [4.78, 5) is 3.82. The first kappa shape index (κ1) is 10.9. The molecule has 2 aromatic rings. The van der Waals surface area contributed by atoms with Gasteiger partial charge in [0.15, 0.2) is 0 Å². The van der Waals surface area contributed by atoms with Crippen molar-refractivity contribution in [2.45, 2.75) is 6.18 Å². The molecule has 0 fully saturated rings. The quantitative estimate of drug-likeness (QED) is 0.840. The molecule has 2 N–H and O–H groups in total. The summed E-state index contributed by atoms with van der Waals surface area (Å²) in [5, 5.41) is 0.378. The van der Waals surface area contributed by atoms with E-state index in [1.807, 2.05) is 0 Å². The van der Waals surface area contributed by atoms with Crippen LogP contribution >= 0.6 is 11.5 Å². The SMILES string of the molecule is Nc1nsc(-c2cccc(C(F)(F)F)c2)n1. The van der Waals surface area contributed by atoms with Crippen LogP contribution in [0, 0.1) is 0 Å². The molecule has 2 rings (SSSR count). The molecule has 1 aromatic carbocycles. The number of rotatable bonds is 1. The van der Waals surface area contributed by atoms with E-state index in [0.29, 0.717) is 10.6 Å². The maximum Gasteiger partial charge on any atom is 0.416 e. The highest BCUT2D eigenvalue weighted by Gasteiger charge is 2.30. The van der Waals surface area contributed by atoms with Crippen molar-refractivity contribution in [1.29, 1.82) is 0 Å². The molecule has 0 aliphatic rings. The summed E-state index contributed by atoms with van der Waals surface area (Å²) in [5.41, 5.74) is 4.96. The lowest BCUT2D eigenvalue weighted by Crippen LogP contribution is -2.04. The van der Waals surface area contributed by atoms with E-state index in [4.69, 9.17) is 5.73 Å². The molecule has 0 spiro atoms. The Morgan fingerprint density at radius 2 is 2.00 bits per heavy atom. The lowest BCUT2D eigenvalue weighted by Gasteiger charge is -2.06. The van der Waals surface area contributed by atoms with E-state index in [1.165, 1.54) is 12.1 Å². The Labute approximate surface area is 92.9 Å². The maximum atomic E-state index is 12.4. The van der Waals surface area contributed by atoms with Crippen molar-refractivity contribution in [2.24, 2.45) is 0 Å². The molecule has 84 valence electrons. The standard InChI is InChI=1S/C9H6F3N3S/c10-9(11,12)6-3-1-2-5(4-6)7-14-8(13)15-16-7/h1-4H,(H2,13,15). The van der Waals surface area contributed by atoms with Gasteiger partial charge in [0.1, 0.15) is 5.01 Å². The number of nitrogens with two attached hydrogens (primary N) is 1. The van der Waals surface area contributed by atoms with Gasteiger partial charge in [-0.3, -0.25) is 0 Å². The van der Waals surface area contributed by atoms with Crippen LogP contribution in [0.5, 0.6) is 0 Å². The maximum absolute atomic E-state index is 12.4. The Balaban J connectivity index is 2.44. The molecular formula is C9H6F3N3S. The van der Waals surface area contributed by atoms with Crippen molar-refractivity contribution in [3.05, 3.63) is 29.8 Å². The van der Waals surface area contributed by atoms with Crippen molar-refractivity contribution in [3.63, 3.8) is 0 Å². The van der Waals surface area contributed by atoms with E-state index in [0.717, 1.165) is 23.7 Å². The summed E-state index contributed by atoms with van der Waals surface area (Å²) in [6.07, 6.45) is -4.35. The molecule has 16 heavy (non-hydrogen) atoms. The monoisotopic (exact) mass is 245 g/mol. The van der Waals surface area contributed by atoms with Crippen molar-refractivity contribution < 1.29 is 13.2 Å². The Bertz CT molecular complexity index is 507. The molecule has 0 bridgehead atoms. The Hall–Kier alpha value is -1.63. The predicted octanol–water partition coefficient (Wildman–Crippen LogP) is 2.81. The van der Waals surface area contributed by atoms with E-state index in [2.05, 4.69) is 9.36 Å². The van der Waals surface area contributed by atoms with Gasteiger partial charge in [0.2, 0.25) is 5.95 Å². The first-order valence-electron chi connectivity index (χ1n) is 4.23. The number of benzene rings is 1. The number of nitrogens with zero attached hydrogens (tertiary/aromatic N) is 2. The predicted molar refractivity (Wildman–Crippen MR) is 54.8 cm³/mol. The zero-order chi connectivity index (χ0) is 11.8.